The highest BCUT2D eigenvalue weighted by molar-refractivity contribution is 14.0. The molecule has 0 aliphatic carbocycles. The molecular weight excluding hydrogens is 491 g/mol. The van der Waals surface area contributed by atoms with Gasteiger partial charge in [0.1, 0.15) is 23.7 Å². The van der Waals surface area contributed by atoms with Gasteiger partial charge >= 0.3 is 0 Å². The molecule has 160 valence electrons. The minimum atomic E-state index is 0. The van der Waals surface area contributed by atoms with E-state index in [1.54, 1.807) is 6.33 Å². The van der Waals surface area contributed by atoms with Gasteiger partial charge in [0.15, 0.2) is 5.96 Å². The van der Waals surface area contributed by atoms with Crippen molar-refractivity contribution in [3.05, 3.63) is 72.3 Å². The Morgan fingerprint density at radius 3 is 2.57 bits per heavy atom. The van der Waals surface area contributed by atoms with Gasteiger partial charge in [-0.25, -0.2) is 4.99 Å². The summed E-state index contributed by atoms with van der Waals surface area (Å²) in [6.45, 7) is 6.96. The van der Waals surface area contributed by atoms with Gasteiger partial charge in [-0.2, -0.15) is 0 Å². The van der Waals surface area contributed by atoms with Crippen LogP contribution >= 0.6 is 24.0 Å². The SMILES string of the molecule is CCNC(=NCc1ccccc1Oc1ccccc1)NCCn1cnnc1CC.I. The third-order valence-electron chi connectivity index (χ3n) is 4.35. The van der Waals surface area contributed by atoms with Crippen LogP contribution in [-0.4, -0.2) is 33.8 Å². The number of nitrogens with zero attached hydrogens (tertiary/aromatic N) is 4. The number of halogens is 1. The topological polar surface area (TPSA) is 76.4 Å². The number of benzene rings is 2. The maximum atomic E-state index is 6.03. The highest BCUT2D eigenvalue weighted by Crippen LogP contribution is 2.25. The summed E-state index contributed by atoms with van der Waals surface area (Å²) in [7, 11) is 0. The van der Waals surface area contributed by atoms with E-state index in [0.29, 0.717) is 6.54 Å². The first-order chi connectivity index (χ1) is 14.3. The van der Waals surface area contributed by atoms with Crippen molar-refractivity contribution >= 4 is 29.9 Å². The second kappa shape index (κ2) is 12.8. The third kappa shape index (κ3) is 7.01. The molecule has 0 atom stereocenters. The van der Waals surface area contributed by atoms with Crippen LogP contribution in [0.15, 0.2) is 65.9 Å². The molecule has 0 saturated heterocycles. The van der Waals surface area contributed by atoms with Gasteiger partial charge in [-0.15, -0.1) is 34.2 Å². The van der Waals surface area contributed by atoms with Gasteiger partial charge in [0.05, 0.1) is 6.54 Å². The molecule has 7 nitrogen and oxygen atoms in total. The molecule has 0 radical (unpaired) electrons. The van der Waals surface area contributed by atoms with E-state index in [0.717, 1.165) is 54.9 Å². The summed E-state index contributed by atoms with van der Waals surface area (Å²) in [6.07, 6.45) is 2.63. The molecule has 1 heterocycles. The van der Waals surface area contributed by atoms with Crippen molar-refractivity contribution in [3.8, 4) is 11.5 Å². The molecule has 2 N–H and O–H groups in total. The second-order valence-corrected chi connectivity index (χ2v) is 6.44. The van der Waals surface area contributed by atoms with Crippen molar-refractivity contribution < 1.29 is 4.74 Å². The van der Waals surface area contributed by atoms with E-state index < -0.39 is 0 Å². The van der Waals surface area contributed by atoms with Crippen molar-refractivity contribution in [1.29, 1.82) is 0 Å². The fraction of sp³-hybridized carbons (Fsp3) is 0.318. The summed E-state index contributed by atoms with van der Waals surface area (Å²) < 4.78 is 8.09. The van der Waals surface area contributed by atoms with Crippen LogP contribution in [0.4, 0.5) is 0 Å². The lowest BCUT2D eigenvalue weighted by Crippen LogP contribution is -2.38. The number of rotatable bonds is 9. The lowest BCUT2D eigenvalue weighted by atomic mass is 10.2. The largest absolute Gasteiger partial charge is 0.457 e. The first-order valence-corrected chi connectivity index (χ1v) is 9.99. The fourth-order valence-corrected chi connectivity index (χ4v) is 2.89. The zero-order valence-electron chi connectivity index (χ0n) is 17.4. The Kier molecular flexibility index (Phi) is 10.1. The molecule has 0 bridgehead atoms. The average molecular weight is 520 g/mol. The van der Waals surface area contributed by atoms with Crippen molar-refractivity contribution in [2.24, 2.45) is 4.99 Å². The van der Waals surface area contributed by atoms with Crippen LogP contribution in [0, 0.1) is 0 Å². The van der Waals surface area contributed by atoms with E-state index in [2.05, 4.69) is 39.2 Å². The van der Waals surface area contributed by atoms with Crippen LogP contribution in [0.2, 0.25) is 0 Å². The van der Waals surface area contributed by atoms with Gasteiger partial charge < -0.3 is 19.9 Å². The number of aromatic nitrogens is 3. The molecule has 0 amide bonds. The zero-order chi connectivity index (χ0) is 20.3. The lowest BCUT2D eigenvalue weighted by Gasteiger charge is -2.13. The van der Waals surface area contributed by atoms with Crippen molar-refractivity contribution in [1.82, 2.24) is 25.4 Å². The first-order valence-electron chi connectivity index (χ1n) is 9.99. The van der Waals surface area contributed by atoms with E-state index in [4.69, 9.17) is 9.73 Å². The smallest absolute Gasteiger partial charge is 0.191 e. The number of ether oxygens (including phenoxy) is 1. The molecule has 1 aromatic heterocycles. The Morgan fingerprint density at radius 1 is 1.03 bits per heavy atom. The van der Waals surface area contributed by atoms with Crippen LogP contribution < -0.4 is 15.4 Å². The molecule has 0 saturated carbocycles. The molecule has 0 aliphatic heterocycles. The van der Waals surface area contributed by atoms with E-state index in [-0.39, 0.29) is 24.0 Å². The monoisotopic (exact) mass is 520 g/mol. The molecule has 0 unspecified atom stereocenters. The Balaban J connectivity index is 0.00000320. The van der Waals surface area contributed by atoms with Crippen LogP contribution in [0.1, 0.15) is 25.2 Å². The highest BCUT2D eigenvalue weighted by Gasteiger charge is 2.06. The minimum Gasteiger partial charge on any atom is -0.457 e. The van der Waals surface area contributed by atoms with E-state index in [1.807, 2.05) is 54.6 Å². The number of aryl methyl sites for hydroxylation is 1. The van der Waals surface area contributed by atoms with Gasteiger partial charge in [0, 0.05) is 31.6 Å². The highest BCUT2D eigenvalue weighted by atomic mass is 127. The Morgan fingerprint density at radius 2 is 1.80 bits per heavy atom. The van der Waals surface area contributed by atoms with Crippen LogP contribution in [0.3, 0.4) is 0 Å². The number of hydrogen-bond acceptors (Lipinski definition) is 4. The van der Waals surface area contributed by atoms with Gasteiger partial charge in [-0.05, 0) is 25.1 Å². The molecule has 0 fully saturated rings. The van der Waals surface area contributed by atoms with E-state index in [9.17, 15) is 0 Å². The molecule has 8 heteroatoms. The summed E-state index contributed by atoms with van der Waals surface area (Å²) in [4.78, 5) is 4.72. The number of nitrogens with one attached hydrogen (secondary N) is 2. The summed E-state index contributed by atoms with van der Waals surface area (Å²) >= 11 is 0. The minimum absolute atomic E-state index is 0. The fourth-order valence-electron chi connectivity index (χ4n) is 2.89. The van der Waals surface area contributed by atoms with E-state index in [1.165, 1.54) is 0 Å². The van der Waals surface area contributed by atoms with E-state index >= 15 is 0 Å². The maximum absolute atomic E-state index is 6.03. The van der Waals surface area contributed by atoms with Crippen molar-refractivity contribution in [2.75, 3.05) is 13.1 Å². The van der Waals surface area contributed by atoms with Crippen LogP contribution in [0.25, 0.3) is 0 Å². The molecule has 3 aromatic rings. The third-order valence-corrected chi connectivity index (χ3v) is 4.35. The van der Waals surface area contributed by atoms with Gasteiger partial charge in [-0.3, -0.25) is 0 Å². The molecule has 0 aliphatic rings. The number of guanidine groups is 1. The van der Waals surface area contributed by atoms with Crippen LogP contribution in [0.5, 0.6) is 11.5 Å². The lowest BCUT2D eigenvalue weighted by molar-refractivity contribution is 0.476. The summed E-state index contributed by atoms with van der Waals surface area (Å²) in [6, 6.07) is 17.8. The first kappa shape index (κ1) is 23.7. The van der Waals surface area contributed by atoms with Gasteiger partial charge in [0.2, 0.25) is 0 Å². The number of aliphatic imine (C=N–C) groups is 1. The molecular formula is C22H29IN6O. The molecule has 30 heavy (non-hydrogen) atoms. The average Bonchev–Trinajstić information content (AvgIpc) is 3.21. The van der Waals surface area contributed by atoms with Crippen molar-refractivity contribution in [2.45, 2.75) is 33.4 Å². The predicted octanol–water partition coefficient (Wildman–Crippen LogP) is 4.01. The summed E-state index contributed by atoms with van der Waals surface area (Å²) in [5.74, 6) is 3.39. The Hall–Kier alpha value is -2.62. The van der Waals surface area contributed by atoms with Gasteiger partial charge in [0.25, 0.3) is 0 Å². The quantitative estimate of drug-likeness (QED) is 0.254. The standard InChI is InChI=1S/C22H28N6O.HI/c1-3-21-27-26-17-28(21)15-14-24-22(23-4-2)25-16-18-10-8-9-13-20(18)29-19-11-6-5-7-12-19;/h5-13,17H,3-4,14-16H2,1-2H3,(H2,23,24,25);1H. The zero-order valence-corrected chi connectivity index (χ0v) is 19.7. The number of para-hydroxylation sites is 2. The normalized spacial score (nSPS) is 10.9. The maximum Gasteiger partial charge on any atom is 0.191 e. The van der Waals surface area contributed by atoms with Gasteiger partial charge in [-0.1, -0.05) is 43.3 Å². The molecule has 2 aromatic carbocycles. The summed E-state index contributed by atoms with van der Waals surface area (Å²) in [5, 5.41) is 14.7. The predicted molar refractivity (Wildman–Crippen MR) is 131 cm³/mol. The van der Waals surface area contributed by atoms with Crippen molar-refractivity contribution in [3.63, 3.8) is 0 Å². The number of hydrogen-bond donors (Lipinski definition) is 2. The molecule has 0 spiro atoms. The second-order valence-electron chi connectivity index (χ2n) is 6.44. The Bertz CT molecular complexity index is 913. The van der Waals surface area contributed by atoms with Crippen LogP contribution in [-0.2, 0) is 19.5 Å². The summed E-state index contributed by atoms with van der Waals surface area (Å²) in [5.41, 5.74) is 1.03. The molecule has 3 rings (SSSR count). The Labute approximate surface area is 195 Å².